The first kappa shape index (κ1) is 17.3. The third kappa shape index (κ3) is 4.10. The molecule has 0 saturated carbocycles. The second kappa shape index (κ2) is 6.33. The number of amides is 2. The summed E-state index contributed by atoms with van der Waals surface area (Å²) in [6, 6.07) is -0.736. The summed E-state index contributed by atoms with van der Waals surface area (Å²) in [5, 5.41) is 15.7. The van der Waals surface area contributed by atoms with Crippen molar-refractivity contribution in [2.24, 2.45) is 0 Å². The molecule has 2 N–H and O–H groups in total. The van der Waals surface area contributed by atoms with Gasteiger partial charge >= 0.3 is 12.2 Å². The molecule has 0 radical (unpaired) electrons. The number of hydrogen-bond acceptors (Lipinski definition) is 3. The van der Waals surface area contributed by atoms with Gasteiger partial charge in [0.2, 0.25) is 0 Å². The van der Waals surface area contributed by atoms with Crippen molar-refractivity contribution in [1.82, 2.24) is 14.7 Å². The number of aliphatic hydroxyl groups is 1. The van der Waals surface area contributed by atoms with Crippen molar-refractivity contribution < 1.29 is 23.1 Å². The number of nitrogens with one attached hydrogen (secondary N) is 1. The molecule has 0 spiro atoms. The van der Waals surface area contributed by atoms with Gasteiger partial charge in [0.15, 0.2) is 6.10 Å². The van der Waals surface area contributed by atoms with E-state index in [4.69, 9.17) is 5.11 Å². The molecule has 21 heavy (non-hydrogen) atoms. The number of carbonyl (C=O) groups is 1. The summed E-state index contributed by atoms with van der Waals surface area (Å²) < 4.78 is 38.4. The van der Waals surface area contributed by atoms with E-state index in [9.17, 15) is 18.0 Å². The van der Waals surface area contributed by atoms with E-state index in [1.807, 2.05) is 6.92 Å². The highest BCUT2D eigenvalue weighted by Gasteiger charge is 2.39. The van der Waals surface area contributed by atoms with Crippen LogP contribution in [0.25, 0.3) is 0 Å². The Morgan fingerprint density at radius 3 is 2.48 bits per heavy atom. The fourth-order valence-electron chi connectivity index (χ4n) is 1.83. The zero-order valence-electron chi connectivity index (χ0n) is 12.3. The van der Waals surface area contributed by atoms with E-state index in [2.05, 4.69) is 10.4 Å². The van der Waals surface area contributed by atoms with Crippen LogP contribution >= 0.6 is 0 Å². The minimum Gasteiger partial charge on any atom is -0.382 e. The second-order valence-corrected chi connectivity index (χ2v) is 4.73. The maximum absolute atomic E-state index is 12.3. The molecule has 9 heteroatoms. The average Bonchev–Trinajstić information content (AvgIpc) is 2.64. The molecule has 1 aromatic rings. The summed E-state index contributed by atoms with van der Waals surface area (Å²) in [5.74, 6) is 0. The molecule has 2 amide bonds. The lowest BCUT2D eigenvalue weighted by Crippen LogP contribution is -2.43. The van der Waals surface area contributed by atoms with Gasteiger partial charge in [-0.2, -0.15) is 18.3 Å². The van der Waals surface area contributed by atoms with Crippen LogP contribution < -0.4 is 5.32 Å². The number of aliphatic hydroxyl groups excluding tert-OH is 1. The third-order valence-electron chi connectivity index (χ3n) is 3.08. The molecule has 0 aliphatic carbocycles. The van der Waals surface area contributed by atoms with Crippen molar-refractivity contribution >= 4 is 11.7 Å². The standard InChI is InChI=1S/C12H19F3N4O2/c1-5-19-8(3)10(7(2)17-19)16-11(21)18(4)6-9(20)12(13,14)15/h9,20H,5-6H2,1-4H3,(H,16,21). The van der Waals surface area contributed by atoms with E-state index in [1.165, 1.54) is 7.05 Å². The minimum atomic E-state index is -4.76. The first-order valence-corrected chi connectivity index (χ1v) is 6.38. The summed E-state index contributed by atoms with van der Waals surface area (Å²) in [6.07, 6.45) is -7.33. The van der Waals surface area contributed by atoms with Gasteiger partial charge in [0.25, 0.3) is 0 Å². The SMILES string of the molecule is CCn1nc(C)c(NC(=O)N(C)CC(O)C(F)(F)F)c1C. The Morgan fingerprint density at radius 2 is 2.05 bits per heavy atom. The summed E-state index contributed by atoms with van der Waals surface area (Å²) in [4.78, 5) is 12.7. The van der Waals surface area contributed by atoms with Crippen LogP contribution in [0.5, 0.6) is 0 Å². The maximum atomic E-state index is 12.3. The highest BCUT2D eigenvalue weighted by molar-refractivity contribution is 5.90. The topological polar surface area (TPSA) is 70.4 Å². The number of carbonyl (C=O) groups excluding carboxylic acids is 1. The molecular formula is C12H19F3N4O2. The summed E-state index contributed by atoms with van der Waals surface area (Å²) in [7, 11) is 1.18. The van der Waals surface area contributed by atoms with Gasteiger partial charge in [-0.1, -0.05) is 0 Å². The lowest BCUT2D eigenvalue weighted by Gasteiger charge is -2.22. The van der Waals surface area contributed by atoms with Gasteiger partial charge in [0.1, 0.15) is 0 Å². The van der Waals surface area contributed by atoms with Crippen molar-refractivity contribution in [2.75, 3.05) is 18.9 Å². The van der Waals surface area contributed by atoms with Crippen LogP contribution in [0.2, 0.25) is 0 Å². The molecular weight excluding hydrogens is 289 g/mol. The van der Waals surface area contributed by atoms with Crippen LogP contribution in [0.4, 0.5) is 23.7 Å². The number of likely N-dealkylation sites (N-methyl/N-ethyl adjacent to an activating group) is 1. The zero-order valence-corrected chi connectivity index (χ0v) is 12.3. The van der Waals surface area contributed by atoms with Gasteiger partial charge in [0.05, 0.1) is 23.6 Å². The molecule has 0 bridgehead atoms. The van der Waals surface area contributed by atoms with Crippen LogP contribution in [0, 0.1) is 13.8 Å². The number of urea groups is 1. The normalized spacial score (nSPS) is 13.1. The fraction of sp³-hybridized carbons (Fsp3) is 0.667. The van der Waals surface area contributed by atoms with Gasteiger partial charge in [-0.15, -0.1) is 0 Å². The summed E-state index contributed by atoms with van der Waals surface area (Å²) in [6.45, 7) is 5.11. The lowest BCUT2D eigenvalue weighted by atomic mass is 10.3. The van der Waals surface area contributed by atoms with Crippen LogP contribution in [0.15, 0.2) is 0 Å². The first-order valence-electron chi connectivity index (χ1n) is 6.38. The molecule has 1 unspecified atom stereocenters. The van der Waals surface area contributed by atoms with E-state index in [0.717, 1.165) is 4.90 Å². The molecule has 0 aromatic carbocycles. The van der Waals surface area contributed by atoms with Gasteiger partial charge in [-0.05, 0) is 20.8 Å². The number of hydrogen-bond donors (Lipinski definition) is 2. The second-order valence-electron chi connectivity index (χ2n) is 4.73. The highest BCUT2D eigenvalue weighted by atomic mass is 19.4. The summed E-state index contributed by atoms with van der Waals surface area (Å²) >= 11 is 0. The van der Waals surface area contributed by atoms with E-state index >= 15 is 0 Å². The molecule has 1 aromatic heterocycles. The molecule has 0 saturated heterocycles. The zero-order chi connectivity index (χ0) is 16.4. The van der Waals surface area contributed by atoms with Gasteiger partial charge in [0, 0.05) is 13.6 Å². The molecule has 120 valence electrons. The van der Waals surface area contributed by atoms with Crippen molar-refractivity contribution in [3.8, 4) is 0 Å². The van der Waals surface area contributed by atoms with Gasteiger partial charge < -0.3 is 15.3 Å². The molecule has 6 nitrogen and oxygen atoms in total. The van der Waals surface area contributed by atoms with E-state index < -0.39 is 24.9 Å². The molecule has 0 fully saturated rings. The van der Waals surface area contributed by atoms with E-state index in [0.29, 0.717) is 23.6 Å². The van der Waals surface area contributed by atoms with Crippen molar-refractivity contribution in [1.29, 1.82) is 0 Å². The Hall–Kier alpha value is -1.77. The largest absolute Gasteiger partial charge is 0.416 e. The number of halogens is 3. The van der Waals surface area contributed by atoms with Gasteiger partial charge in [-0.25, -0.2) is 4.79 Å². The lowest BCUT2D eigenvalue weighted by molar-refractivity contribution is -0.205. The molecule has 1 rings (SSSR count). The first-order chi connectivity index (χ1) is 9.57. The Kier molecular flexibility index (Phi) is 5.21. The number of aromatic nitrogens is 2. The number of aryl methyl sites for hydroxylation is 2. The van der Waals surface area contributed by atoms with Crippen molar-refractivity contribution in [3.05, 3.63) is 11.4 Å². The number of rotatable bonds is 4. The van der Waals surface area contributed by atoms with Crippen LogP contribution in [0.3, 0.4) is 0 Å². The molecule has 0 aliphatic heterocycles. The number of anilines is 1. The van der Waals surface area contributed by atoms with Crippen molar-refractivity contribution in [3.63, 3.8) is 0 Å². The monoisotopic (exact) mass is 308 g/mol. The maximum Gasteiger partial charge on any atom is 0.416 e. The Morgan fingerprint density at radius 1 is 1.48 bits per heavy atom. The minimum absolute atomic E-state index is 0.468. The third-order valence-corrected chi connectivity index (χ3v) is 3.08. The predicted octanol–water partition coefficient (Wildman–Crippen LogP) is 1.91. The van der Waals surface area contributed by atoms with E-state index in [-0.39, 0.29) is 0 Å². The quantitative estimate of drug-likeness (QED) is 0.892. The average molecular weight is 308 g/mol. The van der Waals surface area contributed by atoms with Crippen molar-refractivity contribution in [2.45, 2.75) is 39.6 Å². The van der Waals surface area contributed by atoms with Crippen LogP contribution in [-0.4, -0.2) is 51.7 Å². The van der Waals surface area contributed by atoms with E-state index in [1.54, 1.807) is 18.5 Å². The van der Waals surface area contributed by atoms with Crippen LogP contribution in [-0.2, 0) is 6.54 Å². The highest BCUT2D eigenvalue weighted by Crippen LogP contribution is 2.22. The Balaban J connectivity index is 2.75. The molecule has 0 aliphatic rings. The number of nitrogens with zero attached hydrogens (tertiary/aromatic N) is 3. The fourth-order valence-corrected chi connectivity index (χ4v) is 1.83. The predicted molar refractivity (Wildman–Crippen MR) is 71.1 cm³/mol. The Bertz CT molecular complexity index is 513. The van der Waals surface area contributed by atoms with Gasteiger partial charge in [-0.3, -0.25) is 4.68 Å². The number of alkyl halides is 3. The molecule has 1 atom stereocenters. The Labute approximate surface area is 120 Å². The smallest absolute Gasteiger partial charge is 0.382 e. The molecule has 1 heterocycles. The van der Waals surface area contributed by atoms with Crippen LogP contribution in [0.1, 0.15) is 18.3 Å². The summed E-state index contributed by atoms with van der Waals surface area (Å²) in [5.41, 5.74) is 1.76.